The van der Waals surface area contributed by atoms with Crippen LogP contribution < -0.4 is 11.2 Å². The lowest BCUT2D eigenvalue weighted by atomic mass is 9.95. The van der Waals surface area contributed by atoms with Crippen molar-refractivity contribution >= 4 is 34.4 Å². The summed E-state index contributed by atoms with van der Waals surface area (Å²) in [4.78, 5) is 27.3. The van der Waals surface area contributed by atoms with E-state index in [0.717, 1.165) is 60.1 Å². The van der Waals surface area contributed by atoms with E-state index in [4.69, 9.17) is 15.6 Å². The number of hydrogen-bond donors (Lipinski definition) is 2. The molecule has 9 heteroatoms. The zero-order valence-electron chi connectivity index (χ0n) is 17.8. The minimum Gasteiger partial charge on any atom is -0.381 e. The lowest BCUT2D eigenvalue weighted by Gasteiger charge is -2.27. The van der Waals surface area contributed by atoms with Gasteiger partial charge in [0, 0.05) is 35.8 Å². The Morgan fingerprint density at radius 2 is 2.06 bits per heavy atom. The smallest absolute Gasteiger partial charge is 0.264 e. The van der Waals surface area contributed by atoms with E-state index in [1.165, 1.54) is 11.3 Å². The Balaban J connectivity index is 1.40. The topological polar surface area (TPSA) is 102 Å². The predicted molar refractivity (Wildman–Crippen MR) is 125 cm³/mol. The highest BCUT2D eigenvalue weighted by Gasteiger charge is 2.45. The number of thiazole rings is 1. The van der Waals surface area contributed by atoms with Gasteiger partial charge in [-0.2, -0.15) is 10.8 Å². The number of carbonyl (C=O) groups is 1. The third-order valence-electron chi connectivity index (χ3n) is 5.96. The number of aromatic nitrogens is 1. The van der Waals surface area contributed by atoms with E-state index in [9.17, 15) is 4.79 Å². The van der Waals surface area contributed by atoms with Crippen molar-refractivity contribution in [1.29, 1.82) is 0 Å². The summed E-state index contributed by atoms with van der Waals surface area (Å²) < 4.78 is 5.51. The van der Waals surface area contributed by atoms with Gasteiger partial charge in [0.05, 0.1) is 18.0 Å². The number of ether oxygens (including phenoxy) is 1. The Morgan fingerprint density at radius 3 is 2.78 bits per heavy atom. The van der Waals surface area contributed by atoms with E-state index in [2.05, 4.69) is 22.2 Å². The second-order valence-electron chi connectivity index (χ2n) is 7.96. The number of hydrogen-bond acceptors (Lipinski definition) is 7. The quantitative estimate of drug-likeness (QED) is 0.538. The number of benzene rings is 1. The summed E-state index contributed by atoms with van der Waals surface area (Å²) in [5.74, 6) is 7.64. The molecule has 1 unspecified atom stereocenters. The second kappa shape index (κ2) is 8.51. The first-order valence-electron chi connectivity index (χ1n) is 10.7. The van der Waals surface area contributed by atoms with Crippen LogP contribution in [-0.4, -0.2) is 40.7 Å². The van der Waals surface area contributed by atoms with Crippen molar-refractivity contribution in [2.24, 2.45) is 21.7 Å². The van der Waals surface area contributed by atoms with E-state index in [0.29, 0.717) is 16.6 Å². The molecule has 8 nitrogen and oxygen atoms in total. The molecule has 0 aliphatic carbocycles. The Kier molecular flexibility index (Phi) is 5.56. The fourth-order valence-electron chi connectivity index (χ4n) is 4.15. The Morgan fingerprint density at radius 1 is 1.28 bits per heavy atom. The van der Waals surface area contributed by atoms with Crippen molar-refractivity contribution in [3.8, 4) is 0 Å². The summed E-state index contributed by atoms with van der Waals surface area (Å²) in [6.45, 7) is 3.52. The predicted octanol–water partition coefficient (Wildman–Crippen LogP) is 3.60. The number of amidine groups is 1. The van der Waals surface area contributed by atoms with Gasteiger partial charge in [-0.3, -0.25) is 15.1 Å². The van der Waals surface area contributed by atoms with Crippen LogP contribution in [0.5, 0.6) is 0 Å². The van der Waals surface area contributed by atoms with Gasteiger partial charge in [0.25, 0.3) is 11.7 Å². The fourth-order valence-corrected chi connectivity index (χ4v) is 4.89. The average Bonchev–Trinajstić information content (AvgIpc) is 3.41. The minimum atomic E-state index is -0.190. The van der Waals surface area contributed by atoms with Gasteiger partial charge in [-0.1, -0.05) is 6.92 Å². The van der Waals surface area contributed by atoms with Gasteiger partial charge in [-0.25, -0.2) is 4.98 Å². The Bertz CT molecular complexity index is 1160. The standard InChI is InChI=1S/C23H24N6O2S/c1-2-18-13-26-23(32-18)28-22(30)17-5-3-16(4-6-17)21-27-20(15-7-11-31-12-8-15)19-14-25-9-10-29(19,21)24/h3-6,9-10,13-15H,2,7-8,11-12,24H2,1H3/p+1. The number of allylic oxidation sites excluding steroid dienone is 2. The highest BCUT2D eigenvalue weighted by molar-refractivity contribution is 7.15. The third kappa shape index (κ3) is 3.73. The van der Waals surface area contributed by atoms with Crippen LogP contribution in [0.15, 0.2) is 64.2 Å². The first kappa shape index (κ1) is 20.9. The van der Waals surface area contributed by atoms with Crippen LogP contribution in [0.1, 0.15) is 40.6 Å². The number of aryl methyl sites for hydroxylation is 1. The van der Waals surface area contributed by atoms with Crippen LogP contribution in [0.4, 0.5) is 5.13 Å². The average molecular weight is 450 g/mol. The van der Waals surface area contributed by atoms with Gasteiger partial charge >= 0.3 is 0 Å². The number of quaternary nitrogens is 1. The summed E-state index contributed by atoms with van der Waals surface area (Å²) in [6, 6.07) is 7.37. The van der Waals surface area contributed by atoms with Crippen molar-refractivity contribution < 1.29 is 14.1 Å². The van der Waals surface area contributed by atoms with E-state index in [1.54, 1.807) is 24.5 Å². The number of anilines is 1. The minimum absolute atomic E-state index is 0.0133. The molecular weight excluding hydrogens is 424 g/mol. The number of amides is 1. The summed E-state index contributed by atoms with van der Waals surface area (Å²) in [5.41, 5.74) is 3.30. The highest BCUT2D eigenvalue weighted by Crippen LogP contribution is 2.37. The zero-order chi connectivity index (χ0) is 22.1. The van der Waals surface area contributed by atoms with Gasteiger partial charge in [-0.05, 0) is 43.5 Å². The highest BCUT2D eigenvalue weighted by atomic mass is 32.1. The van der Waals surface area contributed by atoms with Crippen molar-refractivity contribution in [2.45, 2.75) is 26.2 Å². The van der Waals surface area contributed by atoms with Crippen LogP contribution in [0.25, 0.3) is 0 Å². The lowest BCUT2D eigenvalue weighted by molar-refractivity contribution is -0.750. The van der Waals surface area contributed by atoms with Gasteiger partial charge in [0.15, 0.2) is 5.13 Å². The molecule has 1 aromatic carbocycles. The number of aliphatic imine (C=N–C) groups is 2. The number of fused-ring (bicyclic) bond motifs is 1. The van der Waals surface area contributed by atoms with Crippen LogP contribution in [0.3, 0.4) is 0 Å². The maximum atomic E-state index is 12.6. The first-order valence-corrected chi connectivity index (χ1v) is 11.6. The molecule has 0 radical (unpaired) electrons. The van der Waals surface area contributed by atoms with Gasteiger partial charge in [0.2, 0.25) is 5.70 Å². The molecule has 3 N–H and O–H groups in total. The van der Waals surface area contributed by atoms with Crippen LogP contribution >= 0.6 is 11.3 Å². The summed E-state index contributed by atoms with van der Waals surface area (Å²) in [5, 5.41) is 3.47. The van der Waals surface area contributed by atoms with Crippen LogP contribution in [-0.2, 0) is 11.2 Å². The summed E-state index contributed by atoms with van der Waals surface area (Å²) in [6.07, 6.45) is 9.88. The van der Waals surface area contributed by atoms with Crippen molar-refractivity contribution in [1.82, 2.24) is 4.98 Å². The molecule has 3 aliphatic rings. The maximum Gasteiger partial charge on any atom is 0.264 e. The molecule has 1 atom stereocenters. The monoisotopic (exact) mass is 449 g/mol. The number of nitrogens with two attached hydrogens (primary N) is 1. The molecule has 2 aromatic rings. The molecule has 1 aromatic heterocycles. The van der Waals surface area contributed by atoms with Crippen LogP contribution in [0.2, 0.25) is 0 Å². The van der Waals surface area contributed by atoms with Crippen molar-refractivity contribution in [2.75, 3.05) is 18.5 Å². The molecule has 32 heavy (non-hydrogen) atoms. The van der Waals surface area contributed by atoms with Gasteiger partial charge in [-0.15, -0.1) is 15.9 Å². The largest absolute Gasteiger partial charge is 0.381 e. The van der Waals surface area contributed by atoms with E-state index < -0.39 is 0 Å². The molecule has 0 bridgehead atoms. The van der Waals surface area contributed by atoms with Gasteiger partial charge < -0.3 is 4.74 Å². The molecule has 1 fully saturated rings. The molecule has 164 valence electrons. The number of rotatable bonds is 5. The number of carbonyl (C=O) groups excluding carboxylic acids is 1. The van der Waals surface area contributed by atoms with E-state index in [1.807, 2.05) is 24.5 Å². The van der Waals surface area contributed by atoms with Gasteiger partial charge in [0.1, 0.15) is 11.9 Å². The van der Waals surface area contributed by atoms with E-state index in [-0.39, 0.29) is 10.5 Å². The maximum absolute atomic E-state index is 12.6. The zero-order valence-corrected chi connectivity index (χ0v) is 18.6. The van der Waals surface area contributed by atoms with E-state index >= 15 is 0 Å². The number of nitrogens with one attached hydrogen (secondary N) is 1. The molecule has 3 aliphatic heterocycles. The first-order chi connectivity index (χ1) is 15.6. The Labute approximate surface area is 190 Å². The fraction of sp³-hybridized carbons (Fsp3) is 0.304. The lowest BCUT2D eigenvalue weighted by Crippen LogP contribution is -2.53. The molecule has 0 saturated carbocycles. The molecule has 5 rings (SSSR count). The second-order valence-corrected chi connectivity index (χ2v) is 9.08. The summed E-state index contributed by atoms with van der Waals surface area (Å²) >= 11 is 1.49. The normalized spacial score (nSPS) is 22.8. The Hall–Kier alpha value is -2.98. The molecule has 1 amide bonds. The molecule has 0 spiro atoms. The van der Waals surface area contributed by atoms with Crippen LogP contribution in [0, 0.1) is 5.92 Å². The number of nitrogens with zero attached hydrogens (tertiary/aromatic N) is 4. The van der Waals surface area contributed by atoms with Crippen molar-refractivity contribution in [3.63, 3.8) is 0 Å². The molecule has 1 saturated heterocycles. The van der Waals surface area contributed by atoms with Crippen molar-refractivity contribution in [3.05, 3.63) is 70.3 Å². The third-order valence-corrected chi connectivity index (χ3v) is 7.02. The SMILES string of the molecule is CCc1cnc(NC(=O)c2ccc(C3=NC(C4CCOCC4)=C4C=NC=C[N+]34N)cc2)s1. The molecule has 4 heterocycles. The molecular formula is C23H25N6O2S+. The summed E-state index contributed by atoms with van der Waals surface area (Å²) in [7, 11) is 0.